The Morgan fingerprint density at radius 1 is 1.32 bits per heavy atom. The van der Waals surface area contributed by atoms with Gasteiger partial charge in [0.1, 0.15) is 0 Å². The molecule has 1 fully saturated rings. The summed E-state index contributed by atoms with van der Waals surface area (Å²) in [4.78, 5) is 15.0. The molecule has 2 heterocycles. The number of nitrogens with zero attached hydrogens (tertiary/aromatic N) is 2. The van der Waals surface area contributed by atoms with Crippen LogP contribution in [0.3, 0.4) is 0 Å². The number of carbonyl (C=O) groups excluding carboxylic acids is 1. The molecule has 1 aliphatic heterocycles. The number of carbonyl (C=O) groups is 1. The van der Waals surface area contributed by atoms with Crippen molar-refractivity contribution in [2.45, 2.75) is 6.42 Å². The molecule has 1 saturated heterocycles. The monoisotopic (exact) mass is 375 g/mol. The van der Waals surface area contributed by atoms with Crippen molar-refractivity contribution in [2.24, 2.45) is 5.92 Å². The Labute approximate surface area is 164 Å². The van der Waals surface area contributed by atoms with E-state index in [0.29, 0.717) is 23.8 Å². The number of amides is 1. The van der Waals surface area contributed by atoms with E-state index in [1.54, 1.807) is 0 Å². The lowest BCUT2D eigenvalue weighted by Crippen LogP contribution is -2.31. The van der Waals surface area contributed by atoms with Crippen molar-refractivity contribution < 1.29 is 4.79 Å². The summed E-state index contributed by atoms with van der Waals surface area (Å²) in [6.45, 7) is 7.49. The van der Waals surface area contributed by atoms with Crippen LogP contribution in [0.5, 0.6) is 0 Å². The van der Waals surface area contributed by atoms with Crippen molar-refractivity contribution in [1.82, 2.24) is 20.4 Å². The van der Waals surface area contributed by atoms with Gasteiger partial charge in [0.25, 0.3) is 5.91 Å². The Hall–Kier alpha value is -3.12. The number of H-pyrrole nitrogens is 1. The van der Waals surface area contributed by atoms with Crippen LogP contribution in [0.25, 0.3) is 22.0 Å². The molecule has 1 aromatic heterocycles. The lowest BCUT2D eigenvalue weighted by atomic mass is 10.0. The van der Waals surface area contributed by atoms with E-state index >= 15 is 0 Å². The van der Waals surface area contributed by atoms with E-state index in [-0.39, 0.29) is 5.91 Å². The van der Waals surface area contributed by atoms with Gasteiger partial charge in [-0.1, -0.05) is 24.3 Å². The zero-order valence-electron chi connectivity index (χ0n) is 15.8. The summed E-state index contributed by atoms with van der Waals surface area (Å²) in [6, 6.07) is 13.6. The average Bonchev–Trinajstić information content (AvgIpc) is 3.33. The summed E-state index contributed by atoms with van der Waals surface area (Å²) in [5.74, 6) is 0.944. The second-order valence-corrected chi connectivity index (χ2v) is 7.36. The number of nitrogens with one attached hydrogen (secondary N) is 2. The molecule has 3 aromatic rings. The highest BCUT2D eigenvalue weighted by molar-refractivity contribution is 5.96. The van der Waals surface area contributed by atoms with Crippen molar-refractivity contribution in [3.8, 4) is 11.1 Å². The zero-order valence-corrected chi connectivity index (χ0v) is 15.8. The van der Waals surface area contributed by atoms with Crippen LogP contribution in [0.4, 0.5) is 5.82 Å². The maximum absolute atomic E-state index is 12.6. The molecule has 0 bridgehead atoms. The van der Waals surface area contributed by atoms with Gasteiger partial charge in [-0.2, -0.15) is 5.10 Å². The number of benzene rings is 2. The van der Waals surface area contributed by atoms with E-state index in [1.165, 1.54) is 0 Å². The first kappa shape index (κ1) is 18.3. The fourth-order valence-corrected chi connectivity index (χ4v) is 3.82. The highest BCUT2D eigenvalue weighted by Crippen LogP contribution is 2.27. The molecule has 2 aromatic carbocycles. The van der Waals surface area contributed by atoms with Crippen molar-refractivity contribution >= 4 is 22.6 Å². The van der Waals surface area contributed by atoms with E-state index in [1.807, 2.05) is 48.5 Å². The number of nitrogens with two attached hydrogens (primary N) is 1. The van der Waals surface area contributed by atoms with Crippen LogP contribution in [-0.2, 0) is 0 Å². The molecule has 1 amide bonds. The van der Waals surface area contributed by atoms with Crippen LogP contribution in [-0.4, -0.2) is 47.2 Å². The van der Waals surface area contributed by atoms with Crippen molar-refractivity contribution in [3.05, 3.63) is 60.7 Å². The second-order valence-electron chi connectivity index (χ2n) is 7.36. The third kappa shape index (κ3) is 3.77. The predicted octanol–water partition coefficient (Wildman–Crippen LogP) is 3.05. The summed E-state index contributed by atoms with van der Waals surface area (Å²) >= 11 is 0. The summed E-state index contributed by atoms with van der Waals surface area (Å²) in [5, 5.41) is 10.9. The minimum Gasteiger partial charge on any atom is -0.382 e. The number of hydrogen-bond donors (Lipinski definition) is 3. The molecule has 0 spiro atoms. The molecule has 4 rings (SSSR count). The van der Waals surface area contributed by atoms with Gasteiger partial charge in [-0.25, -0.2) is 0 Å². The number of hydrogen-bond acceptors (Lipinski definition) is 4. The van der Waals surface area contributed by atoms with E-state index < -0.39 is 0 Å². The molecule has 0 radical (unpaired) electrons. The van der Waals surface area contributed by atoms with E-state index in [4.69, 9.17) is 5.73 Å². The number of aromatic amines is 1. The highest BCUT2D eigenvalue weighted by Gasteiger charge is 2.22. The SMILES string of the molecule is C=CCN1CC[C@H](CNC(=O)c2cccc(-c3ccc4[nH]nc(N)c4c3)c2)C1. The number of nitrogen functional groups attached to an aromatic ring is 1. The van der Waals surface area contributed by atoms with E-state index in [9.17, 15) is 4.79 Å². The first-order chi connectivity index (χ1) is 13.6. The maximum atomic E-state index is 12.6. The fraction of sp³-hybridized carbons (Fsp3) is 0.273. The molecule has 1 aliphatic rings. The van der Waals surface area contributed by atoms with Crippen LogP contribution in [0.2, 0.25) is 0 Å². The van der Waals surface area contributed by atoms with E-state index in [2.05, 4.69) is 27.0 Å². The Morgan fingerprint density at radius 3 is 3.04 bits per heavy atom. The van der Waals surface area contributed by atoms with Crippen LogP contribution in [0.1, 0.15) is 16.8 Å². The summed E-state index contributed by atoms with van der Waals surface area (Å²) in [5.41, 5.74) is 9.47. The number of rotatable bonds is 6. The molecule has 6 heteroatoms. The number of anilines is 1. The smallest absolute Gasteiger partial charge is 0.251 e. The molecule has 0 unspecified atom stereocenters. The van der Waals surface area contributed by atoms with Crippen LogP contribution in [0.15, 0.2) is 55.1 Å². The Bertz CT molecular complexity index is 1010. The van der Waals surface area contributed by atoms with Gasteiger partial charge in [0.15, 0.2) is 5.82 Å². The zero-order chi connectivity index (χ0) is 19.5. The van der Waals surface area contributed by atoms with Gasteiger partial charge in [0.2, 0.25) is 0 Å². The van der Waals surface area contributed by atoms with Crippen LogP contribution < -0.4 is 11.1 Å². The van der Waals surface area contributed by atoms with E-state index in [0.717, 1.165) is 48.1 Å². The van der Waals surface area contributed by atoms with Gasteiger partial charge in [-0.15, -0.1) is 6.58 Å². The first-order valence-corrected chi connectivity index (χ1v) is 9.59. The number of aromatic nitrogens is 2. The normalized spacial score (nSPS) is 17.1. The quantitative estimate of drug-likeness (QED) is 0.578. The third-order valence-corrected chi connectivity index (χ3v) is 5.36. The maximum Gasteiger partial charge on any atom is 0.251 e. The van der Waals surface area contributed by atoms with Gasteiger partial charge < -0.3 is 11.1 Å². The number of fused-ring (bicyclic) bond motifs is 1. The lowest BCUT2D eigenvalue weighted by Gasteiger charge is -2.14. The molecule has 4 N–H and O–H groups in total. The summed E-state index contributed by atoms with van der Waals surface area (Å²) in [6.07, 6.45) is 3.04. The largest absolute Gasteiger partial charge is 0.382 e. The van der Waals surface area contributed by atoms with Gasteiger partial charge in [-0.3, -0.25) is 14.8 Å². The molecule has 144 valence electrons. The number of likely N-dealkylation sites (tertiary alicyclic amines) is 1. The summed E-state index contributed by atoms with van der Waals surface area (Å²) in [7, 11) is 0. The average molecular weight is 375 g/mol. The van der Waals surface area contributed by atoms with Gasteiger partial charge in [0, 0.05) is 30.6 Å². The minimum absolute atomic E-state index is 0.0343. The lowest BCUT2D eigenvalue weighted by molar-refractivity contribution is 0.0947. The summed E-state index contributed by atoms with van der Waals surface area (Å²) < 4.78 is 0. The van der Waals surface area contributed by atoms with Crippen molar-refractivity contribution in [3.63, 3.8) is 0 Å². The van der Waals surface area contributed by atoms with Crippen LogP contribution in [0, 0.1) is 5.92 Å². The Balaban J connectivity index is 1.44. The predicted molar refractivity (Wildman–Crippen MR) is 113 cm³/mol. The molecular formula is C22H25N5O. The fourth-order valence-electron chi connectivity index (χ4n) is 3.82. The third-order valence-electron chi connectivity index (χ3n) is 5.36. The first-order valence-electron chi connectivity index (χ1n) is 9.59. The molecule has 1 atom stereocenters. The van der Waals surface area contributed by atoms with Gasteiger partial charge in [0.05, 0.1) is 5.52 Å². The molecular weight excluding hydrogens is 350 g/mol. The Morgan fingerprint density at radius 2 is 2.18 bits per heavy atom. The van der Waals surface area contributed by atoms with Crippen molar-refractivity contribution in [2.75, 3.05) is 31.9 Å². The second kappa shape index (κ2) is 7.86. The molecule has 28 heavy (non-hydrogen) atoms. The van der Waals surface area contributed by atoms with Crippen molar-refractivity contribution in [1.29, 1.82) is 0 Å². The Kier molecular flexibility index (Phi) is 5.12. The minimum atomic E-state index is -0.0343. The topological polar surface area (TPSA) is 87.0 Å². The molecule has 6 nitrogen and oxygen atoms in total. The van der Waals surface area contributed by atoms with Gasteiger partial charge >= 0.3 is 0 Å². The standard InChI is InChI=1S/C22H25N5O/c1-2-9-27-10-8-15(14-27)13-24-22(28)18-5-3-4-16(11-18)17-6-7-20-19(12-17)21(23)26-25-20/h2-7,11-12,15H,1,8-10,13-14H2,(H,24,28)(H3,23,25,26)/t15-/m1/s1. The molecule has 0 saturated carbocycles. The molecule has 0 aliphatic carbocycles. The van der Waals surface area contributed by atoms with Gasteiger partial charge in [-0.05, 0) is 54.3 Å². The van der Waals surface area contributed by atoms with Crippen LogP contribution >= 0.6 is 0 Å². The highest BCUT2D eigenvalue weighted by atomic mass is 16.1.